The second-order valence-electron chi connectivity index (χ2n) is 4.74. The summed E-state index contributed by atoms with van der Waals surface area (Å²) < 4.78 is 13.7. The Labute approximate surface area is 117 Å². The van der Waals surface area contributed by atoms with Gasteiger partial charge in [-0.15, -0.1) is 0 Å². The Bertz CT molecular complexity index is 666. The van der Waals surface area contributed by atoms with Crippen molar-refractivity contribution in [1.29, 1.82) is 5.26 Å². The maximum Gasteiger partial charge on any atom is 0.147 e. The molecule has 4 heteroatoms. The van der Waals surface area contributed by atoms with E-state index in [2.05, 4.69) is 5.32 Å². The van der Waals surface area contributed by atoms with E-state index >= 15 is 0 Å². The number of phenolic OH excluding ortho intramolecular Hbond substituents is 1. The van der Waals surface area contributed by atoms with Crippen molar-refractivity contribution in [2.75, 3.05) is 5.32 Å². The van der Waals surface area contributed by atoms with E-state index in [1.54, 1.807) is 12.1 Å². The van der Waals surface area contributed by atoms with Crippen LogP contribution in [-0.2, 0) is 6.54 Å². The summed E-state index contributed by atoms with van der Waals surface area (Å²) in [7, 11) is 0. The second-order valence-corrected chi connectivity index (χ2v) is 4.74. The van der Waals surface area contributed by atoms with Gasteiger partial charge in [0.05, 0.1) is 17.3 Å². The molecular weight excluding hydrogens is 255 g/mol. The van der Waals surface area contributed by atoms with Gasteiger partial charge in [0.25, 0.3) is 0 Å². The molecule has 0 fully saturated rings. The molecule has 0 saturated heterocycles. The summed E-state index contributed by atoms with van der Waals surface area (Å²) in [5, 5.41) is 21.4. The number of phenols is 1. The van der Waals surface area contributed by atoms with Gasteiger partial charge in [-0.25, -0.2) is 4.39 Å². The maximum atomic E-state index is 13.7. The van der Waals surface area contributed by atoms with Crippen molar-refractivity contribution >= 4 is 5.69 Å². The van der Waals surface area contributed by atoms with Crippen LogP contribution in [0.3, 0.4) is 0 Å². The Kier molecular flexibility index (Phi) is 3.90. The fourth-order valence-corrected chi connectivity index (χ4v) is 2.07. The molecule has 20 heavy (non-hydrogen) atoms. The van der Waals surface area contributed by atoms with Gasteiger partial charge in [0, 0.05) is 6.54 Å². The minimum absolute atomic E-state index is 0.290. The number of anilines is 1. The number of aryl methyl sites for hydroxylation is 2. The molecule has 2 N–H and O–H groups in total. The molecule has 0 spiro atoms. The molecule has 0 heterocycles. The Hall–Kier alpha value is -2.54. The van der Waals surface area contributed by atoms with E-state index < -0.39 is 5.82 Å². The van der Waals surface area contributed by atoms with Gasteiger partial charge in [0.2, 0.25) is 0 Å². The van der Waals surface area contributed by atoms with Crippen molar-refractivity contribution in [2.45, 2.75) is 20.4 Å². The number of nitriles is 1. The second kappa shape index (κ2) is 5.62. The van der Waals surface area contributed by atoms with Crippen LogP contribution in [0.25, 0.3) is 0 Å². The molecule has 0 radical (unpaired) electrons. The number of benzene rings is 2. The number of hydrogen-bond donors (Lipinski definition) is 2. The molecule has 2 aromatic carbocycles. The van der Waals surface area contributed by atoms with Crippen LogP contribution in [0.2, 0.25) is 0 Å². The highest BCUT2D eigenvalue weighted by atomic mass is 19.1. The third kappa shape index (κ3) is 2.89. The normalized spacial score (nSPS) is 10.1. The molecule has 2 aromatic rings. The van der Waals surface area contributed by atoms with Gasteiger partial charge in [0.15, 0.2) is 0 Å². The van der Waals surface area contributed by atoms with Crippen molar-refractivity contribution in [3.8, 4) is 11.8 Å². The highest BCUT2D eigenvalue weighted by Gasteiger charge is 2.06. The summed E-state index contributed by atoms with van der Waals surface area (Å²) in [6.45, 7) is 4.10. The van der Waals surface area contributed by atoms with E-state index in [0.29, 0.717) is 23.5 Å². The Morgan fingerprint density at radius 2 is 1.85 bits per heavy atom. The summed E-state index contributed by atoms with van der Waals surface area (Å²) in [6, 6.07) is 9.93. The molecule has 0 bridgehead atoms. The summed E-state index contributed by atoms with van der Waals surface area (Å²) in [6.07, 6.45) is 0. The van der Waals surface area contributed by atoms with E-state index in [1.807, 2.05) is 32.0 Å². The number of aromatic hydroxyl groups is 1. The van der Waals surface area contributed by atoms with Crippen molar-refractivity contribution in [1.82, 2.24) is 0 Å². The number of rotatable bonds is 3. The smallest absolute Gasteiger partial charge is 0.147 e. The van der Waals surface area contributed by atoms with Gasteiger partial charge in [-0.3, -0.25) is 0 Å². The van der Waals surface area contributed by atoms with Gasteiger partial charge >= 0.3 is 0 Å². The first-order valence-corrected chi connectivity index (χ1v) is 6.24. The average molecular weight is 270 g/mol. The predicted octanol–water partition coefficient (Wildman–Crippen LogP) is 3.63. The quantitative estimate of drug-likeness (QED) is 0.895. The molecule has 3 nitrogen and oxygen atoms in total. The number of hydrogen-bond acceptors (Lipinski definition) is 3. The lowest BCUT2D eigenvalue weighted by molar-refractivity contribution is 0.466. The largest absolute Gasteiger partial charge is 0.507 e. The number of nitrogens with one attached hydrogen (secondary N) is 1. The molecule has 0 amide bonds. The van der Waals surface area contributed by atoms with Crippen LogP contribution in [0.5, 0.6) is 5.75 Å². The van der Waals surface area contributed by atoms with Crippen molar-refractivity contribution in [2.24, 2.45) is 0 Å². The number of halogens is 1. The van der Waals surface area contributed by atoms with Crippen LogP contribution in [0, 0.1) is 31.0 Å². The summed E-state index contributed by atoms with van der Waals surface area (Å²) in [4.78, 5) is 0. The third-order valence-electron chi connectivity index (χ3n) is 3.13. The molecule has 0 saturated carbocycles. The van der Waals surface area contributed by atoms with Gasteiger partial charge < -0.3 is 10.4 Å². The minimum atomic E-state index is -0.448. The van der Waals surface area contributed by atoms with Gasteiger partial charge in [-0.2, -0.15) is 5.26 Å². The lowest BCUT2D eigenvalue weighted by atomic mass is 10.1. The van der Waals surface area contributed by atoms with Crippen molar-refractivity contribution in [3.05, 3.63) is 58.4 Å². The Morgan fingerprint density at radius 3 is 2.40 bits per heavy atom. The predicted molar refractivity (Wildman–Crippen MR) is 76.0 cm³/mol. The zero-order valence-electron chi connectivity index (χ0n) is 11.4. The van der Waals surface area contributed by atoms with Crippen LogP contribution >= 0.6 is 0 Å². The van der Waals surface area contributed by atoms with Crippen LogP contribution in [0.4, 0.5) is 10.1 Å². The summed E-state index contributed by atoms with van der Waals surface area (Å²) >= 11 is 0. The van der Waals surface area contributed by atoms with Gasteiger partial charge in [-0.05, 0) is 48.7 Å². The van der Waals surface area contributed by atoms with Crippen molar-refractivity contribution in [3.63, 3.8) is 0 Å². The molecule has 0 aliphatic heterocycles. The zero-order valence-corrected chi connectivity index (χ0v) is 11.4. The molecule has 2 rings (SSSR count). The number of nitrogens with zero attached hydrogens (tertiary/aromatic N) is 1. The lowest BCUT2D eigenvalue weighted by Gasteiger charge is -2.11. The molecular formula is C16H15FN2O. The molecule has 0 atom stereocenters. The first-order chi connectivity index (χ1) is 9.51. The molecule has 0 unspecified atom stereocenters. The third-order valence-corrected chi connectivity index (χ3v) is 3.13. The topological polar surface area (TPSA) is 56.0 Å². The van der Waals surface area contributed by atoms with E-state index in [4.69, 9.17) is 5.26 Å². The Balaban J connectivity index is 2.15. The fraction of sp³-hybridized carbons (Fsp3) is 0.188. The molecule has 0 aliphatic rings. The van der Waals surface area contributed by atoms with Crippen LogP contribution in [0.1, 0.15) is 22.3 Å². The van der Waals surface area contributed by atoms with Crippen LogP contribution < -0.4 is 5.32 Å². The van der Waals surface area contributed by atoms with Gasteiger partial charge in [0.1, 0.15) is 11.6 Å². The summed E-state index contributed by atoms with van der Waals surface area (Å²) in [5.41, 5.74) is 3.20. The van der Waals surface area contributed by atoms with Crippen LogP contribution in [-0.4, -0.2) is 5.11 Å². The Morgan fingerprint density at radius 1 is 1.20 bits per heavy atom. The van der Waals surface area contributed by atoms with E-state index in [9.17, 15) is 9.50 Å². The van der Waals surface area contributed by atoms with E-state index in [0.717, 1.165) is 16.7 Å². The monoisotopic (exact) mass is 270 g/mol. The summed E-state index contributed by atoms with van der Waals surface area (Å²) in [5.74, 6) is -0.158. The van der Waals surface area contributed by atoms with E-state index in [1.165, 1.54) is 6.07 Å². The lowest BCUT2D eigenvalue weighted by Crippen LogP contribution is -2.02. The zero-order chi connectivity index (χ0) is 14.7. The molecule has 0 aliphatic carbocycles. The van der Waals surface area contributed by atoms with Crippen LogP contribution in [0.15, 0.2) is 30.3 Å². The van der Waals surface area contributed by atoms with Gasteiger partial charge in [-0.1, -0.05) is 12.1 Å². The molecule has 102 valence electrons. The van der Waals surface area contributed by atoms with Crippen molar-refractivity contribution < 1.29 is 9.50 Å². The highest BCUT2D eigenvalue weighted by molar-refractivity contribution is 5.50. The molecule has 0 aromatic heterocycles. The first-order valence-electron chi connectivity index (χ1n) is 6.24. The fourth-order valence-electron chi connectivity index (χ4n) is 2.07. The average Bonchev–Trinajstić information content (AvgIpc) is 2.43. The standard InChI is InChI=1S/C16H15FN2O/c1-10-5-13(6-11(2)16(10)20)9-19-15-4-3-12(8-18)7-14(15)17/h3-7,19-20H,9H2,1-2H3. The van der Waals surface area contributed by atoms with E-state index in [-0.39, 0.29) is 0 Å². The first kappa shape index (κ1) is 13.9. The maximum absolute atomic E-state index is 13.7. The minimum Gasteiger partial charge on any atom is -0.507 e. The SMILES string of the molecule is Cc1cc(CNc2ccc(C#N)cc2F)cc(C)c1O. The highest BCUT2D eigenvalue weighted by Crippen LogP contribution is 2.24.